The molecular weight excluding hydrogens is 575 g/mol. The van der Waals surface area contributed by atoms with Crippen molar-refractivity contribution in [2.45, 2.75) is 82.7 Å². The quantitative estimate of drug-likeness (QED) is 0.267. The van der Waals surface area contributed by atoms with Crippen LogP contribution in [0.15, 0.2) is 35.0 Å². The number of nitrogens with one attached hydrogen (secondary N) is 3. The first-order valence-electron chi connectivity index (χ1n) is 14.4. The molecule has 4 aromatic rings. The first-order valence-corrected chi connectivity index (χ1v) is 15.9. The van der Waals surface area contributed by atoms with E-state index in [-0.39, 0.29) is 29.7 Å². The molecule has 0 radical (unpaired) electrons. The van der Waals surface area contributed by atoms with Crippen molar-refractivity contribution in [1.29, 1.82) is 0 Å². The van der Waals surface area contributed by atoms with Crippen LogP contribution in [0, 0.1) is 5.82 Å². The predicted molar refractivity (Wildman–Crippen MR) is 158 cm³/mol. The van der Waals surface area contributed by atoms with Crippen LogP contribution in [0.3, 0.4) is 0 Å². The van der Waals surface area contributed by atoms with Gasteiger partial charge in [-0.1, -0.05) is 38.1 Å². The zero-order valence-corrected chi connectivity index (χ0v) is 25.3. The van der Waals surface area contributed by atoms with E-state index in [1.807, 2.05) is 27.7 Å². The van der Waals surface area contributed by atoms with E-state index in [4.69, 9.17) is 4.52 Å². The van der Waals surface area contributed by atoms with E-state index in [9.17, 15) is 13.2 Å². The van der Waals surface area contributed by atoms with Crippen molar-refractivity contribution in [3.05, 3.63) is 53.6 Å². The predicted octanol–water partition coefficient (Wildman–Crippen LogP) is 4.13. The smallest absolute Gasteiger partial charge is 0.292 e. The van der Waals surface area contributed by atoms with Crippen LogP contribution >= 0.6 is 0 Å². The van der Waals surface area contributed by atoms with Gasteiger partial charge in [0.1, 0.15) is 5.82 Å². The van der Waals surface area contributed by atoms with Crippen LogP contribution < -0.4 is 10.6 Å². The maximum absolute atomic E-state index is 15.3. The van der Waals surface area contributed by atoms with E-state index in [0.29, 0.717) is 46.0 Å². The summed E-state index contributed by atoms with van der Waals surface area (Å²) in [7, 11) is -3.31. The van der Waals surface area contributed by atoms with E-state index in [1.54, 1.807) is 28.7 Å². The molecule has 1 saturated carbocycles. The van der Waals surface area contributed by atoms with Gasteiger partial charge in [-0.15, -0.1) is 0 Å². The lowest BCUT2D eigenvalue weighted by atomic mass is 9.97. The highest BCUT2D eigenvalue weighted by molar-refractivity contribution is 7.90. The van der Waals surface area contributed by atoms with Crippen molar-refractivity contribution in [3.63, 3.8) is 0 Å². The van der Waals surface area contributed by atoms with Crippen molar-refractivity contribution in [1.82, 2.24) is 34.9 Å². The zero-order valence-electron chi connectivity index (χ0n) is 24.5. The average Bonchev–Trinajstić information content (AvgIpc) is 3.57. The number of carbonyl (C=O) groups excluding carboxylic acids is 1. The number of sulfonamides is 1. The summed E-state index contributed by atoms with van der Waals surface area (Å²) in [6.07, 6.45) is 4.60. The van der Waals surface area contributed by atoms with Crippen LogP contribution in [0.25, 0.3) is 22.2 Å². The number of pyridine rings is 1. The third-order valence-electron chi connectivity index (χ3n) is 7.97. The first kappa shape index (κ1) is 29.2. The number of benzene rings is 1. The summed E-state index contributed by atoms with van der Waals surface area (Å²) in [5, 5.41) is 17.6. The summed E-state index contributed by atoms with van der Waals surface area (Å²) in [5.41, 5.74) is 1.73. The van der Waals surface area contributed by atoms with Crippen LogP contribution in [-0.4, -0.2) is 67.8 Å². The van der Waals surface area contributed by atoms with E-state index in [2.05, 4.69) is 36.0 Å². The van der Waals surface area contributed by atoms with Crippen LogP contribution in [0.2, 0.25) is 0 Å². The highest BCUT2D eigenvalue weighted by Crippen LogP contribution is 2.36. The monoisotopic (exact) mass is 610 g/mol. The number of H-pyrrole nitrogens is 1. The highest BCUT2D eigenvalue weighted by Gasteiger charge is 2.44. The molecule has 0 bridgehead atoms. The van der Waals surface area contributed by atoms with E-state index < -0.39 is 27.2 Å². The minimum atomic E-state index is -3.31. The molecule has 14 heteroatoms. The van der Waals surface area contributed by atoms with Crippen LogP contribution in [0.4, 0.5) is 10.2 Å². The van der Waals surface area contributed by atoms with Gasteiger partial charge in [0.2, 0.25) is 15.9 Å². The lowest BCUT2D eigenvalue weighted by Gasteiger charge is -2.37. The Bertz CT molecular complexity index is 1780. The molecule has 43 heavy (non-hydrogen) atoms. The highest BCUT2D eigenvalue weighted by atomic mass is 32.2. The molecule has 2 atom stereocenters. The van der Waals surface area contributed by atoms with Crippen molar-refractivity contribution in [2.75, 3.05) is 11.9 Å². The Morgan fingerprint density at radius 1 is 1.19 bits per heavy atom. The van der Waals surface area contributed by atoms with E-state index >= 15 is 4.39 Å². The molecule has 4 heterocycles. The van der Waals surface area contributed by atoms with Crippen molar-refractivity contribution >= 4 is 32.8 Å². The number of anilines is 1. The number of carbonyl (C=O) groups is 1. The normalized spacial score (nSPS) is 19.9. The number of aromatic nitrogens is 5. The van der Waals surface area contributed by atoms with Crippen LogP contribution in [0.5, 0.6) is 0 Å². The number of piperidine rings is 1. The maximum atomic E-state index is 15.3. The molecular formula is C29H35FN8O4S. The number of rotatable bonds is 8. The summed E-state index contributed by atoms with van der Waals surface area (Å²) in [4.78, 5) is 21.1. The molecule has 228 valence electrons. The van der Waals surface area contributed by atoms with Gasteiger partial charge in [-0.2, -0.15) is 14.4 Å². The topological polar surface area (TPSA) is 159 Å². The fourth-order valence-electron chi connectivity index (χ4n) is 5.33. The molecule has 6 rings (SSSR count). The summed E-state index contributed by atoms with van der Waals surface area (Å²) < 4.78 is 48.1. The second-order valence-corrected chi connectivity index (χ2v) is 14.6. The van der Waals surface area contributed by atoms with Crippen molar-refractivity contribution in [3.8, 4) is 11.1 Å². The Morgan fingerprint density at radius 3 is 2.67 bits per heavy atom. The van der Waals surface area contributed by atoms with Gasteiger partial charge in [-0.3, -0.25) is 9.89 Å². The summed E-state index contributed by atoms with van der Waals surface area (Å²) >= 11 is 0. The largest absolute Gasteiger partial charge is 0.364 e. The van der Waals surface area contributed by atoms with Gasteiger partial charge in [-0.05, 0) is 55.9 Å². The maximum Gasteiger partial charge on any atom is 0.292 e. The first-order chi connectivity index (χ1) is 20.4. The number of nitrogens with zero attached hydrogens (tertiary/aromatic N) is 5. The zero-order chi connectivity index (χ0) is 30.5. The van der Waals surface area contributed by atoms with Crippen LogP contribution in [-0.2, 0) is 22.0 Å². The lowest BCUT2D eigenvalue weighted by Crippen LogP contribution is -2.50. The average molecular weight is 611 g/mol. The minimum Gasteiger partial charge on any atom is -0.364 e. The third kappa shape index (κ3) is 5.85. The third-order valence-corrected chi connectivity index (χ3v) is 10.5. The Labute approximate surface area is 248 Å². The van der Waals surface area contributed by atoms with Gasteiger partial charge in [0.25, 0.3) is 11.7 Å². The molecule has 1 aliphatic heterocycles. The van der Waals surface area contributed by atoms with Gasteiger partial charge in [0.05, 0.1) is 10.6 Å². The van der Waals surface area contributed by atoms with Gasteiger partial charge in [0.15, 0.2) is 11.5 Å². The molecule has 1 aromatic carbocycles. The number of hydrogen-bond donors (Lipinski definition) is 3. The Morgan fingerprint density at radius 2 is 1.98 bits per heavy atom. The molecule has 1 aliphatic carbocycles. The van der Waals surface area contributed by atoms with Gasteiger partial charge < -0.3 is 15.2 Å². The van der Waals surface area contributed by atoms with E-state index in [1.165, 1.54) is 6.07 Å². The molecule has 2 fully saturated rings. The molecule has 0 unspecified atom stereocenters. The van der Waals surface area contributed by atoms with Crippen molar-refractivity contribution < 1.29 is 22.1 Å². The number of aromatic amines is 1. The molecule has 0 spiro atoms. The molecule has 3 aromatic heterocycles. The van der Waals surface area contributed by atoms with Gasteiger partial charge >= 0.3 is 0 Å². The van der Waals surface area contributed by atoms with Crippen LogP contribution in [0.1, 0.15) is 75.5 Å². The number of amides is 1. The summed E-state index contributed by atoms with van der Waals surface area (Å²) in [6.45, 7) is 7.94. The fraction of sp³-hybridized carbons (Fsp3) is 0.483. The minimum absolute atomic E-state index is 0.0451. The Kier molecular flexibility index (Phi) is 7.45. The summed E-state index contributed by atoms with van der Waals surface area (Å²) in [5.74, 6) is -0.293. The number of fused-ring (bicyclic) bond motifs is 1. The van der Waals surface area contributed by atoms with Crippen molar-refractivity contribution in [2.24, 2.45) is 0 Å². The lowest BCUT2D eigenvalue weighted by molar-refractivity contribution is 0.0937. The second kappa shape index (κ2) is 11.0. The van der Waals surface area contributed by atoms with E-state index in [0.717, 1.165) is 25.7 Å². The molecule has 2 aliphatic rings. The second-order valence-electron chi connectivity index (χ2n) is 12.4. The number of halogens is 1. The standard InChI is InChI=1S/C29H35FN8O4S/c1-16-5-8-19(15-38(16)43(40,41)20-9-10-20)33-25-23-21(11-12-31-24(23)35-36-25)17-6-7-18(22(30)13-17)14-32-27(39)26-34-28(42-37-26)29(2,3)4/h6-7,11-13,16,19-20H,5,8-10,14-15H2,1-4H3,(H,32,39)(H2,31,33,35,36)/t16-,19+/m0/s1. The summed E-state index contributed by atoms with van der Waals surface area (Å²) in [6, 6.07) is 6.40. The molecule has 12 nitrogen and oxygen atoms in total. The van der Waals surface area contributed by atoms with Gasteiger partial charge in [0, 0.05) is 42.3 Å². The fourth-order valence-corrected chi connectivity index (χ4v) is 7.44. The Hall–Kier alpha value is -3.91. The molecule has 1 amide bonds. The Balaban J connectivity index is 1.19. The van der Waals surface area contributed by atoms with Gasteiger partial charge in [-0.25, -0.2) is 17.8 Å². The SMILES string of the molecule is C[C@H]1CC[C@@H](Nc2n[nH]c3nccc(-c4ccc(CNC(=O)c5noc(C(C)(C)C)n5)c(F)c4)c23)CN1S(=O)(=O)C1CC1. The molecule has 3 N–H and O–H groups in total. The molecule has 1 saturated heterocycles. The number of hydrogen-bond acceptors (Lipinski definition) is 9.